The predicted octanol–water partition coefficient (Wildman–Crippen LogP) is 1.64. The molecule has 0 saturated carbocycles. The van der Waals surface area contributed by atoms with Crippen LogP contribution in [0.5, 0.6) is 0 Å². The van der Waals surface area contributed by atoms with E-state index in [-0.39, 0.29) is 17.9 Å². The minimum Gasteiger partial charge on any atom is -0.449 e. The molecule has 0 bridgehead atoms. The van der Waals surface area contributed by atoms with Gasteiger partial charge in [0.15, 0.2) is 0 Å². The Bertz CT molecular complexity index is 649. The number of nitrogens with zero attached hydrogens (tertiary/aromatic N) is 2. The van der Waals surface area contributed by atoms with Gasteiger partial charge < -0.3 is 19.9 Å². The van der Waals surface area contributed by atoms with E-state index in [1.807, 2.05) is 18.2 Å². The highest BCUT2D eigenvalue weighted by atomic mass is 16.6. The molecule has 0 aromatic heterocycles. The molecule has 2 fully saturated rings. The van der Waals surface area contributed by atoms with Crippen molar-refractivity contribution in [1.82, 2.24) is 15.1 Å². The first-order chi connectivity index (χ1) is 12.7. The lowest BCUT2D eigenvalue weighted by molar-refractivity contribution is -0.126. The second-order valence-corrected chi connectivity index (χ2v) is 6.62. The van der Waals surface area contributed by atoms with Crippen LogP contribution in [-0.2, 0) is 9.53 Å². The molecule has 7 heteroatoms. The molecule has 0 aliphatic carbocycles. The van der Waals surface area contributed by atoms with Gasteiger partial charge >= 0.3 is 6.09 Å². The Hall–Kier alpha value is -2.57. The minimum atomic E-state index is -0.454. The van der Waals surface area contributed by atoms with E-state index in [9.17, 15) is 14.4 Å². The number of carbonyl (C=O) groups is 3. The molecule has 2 saturated heterocycles. The summed E-state index contributed by atoms with van der Waals surface area (Å²) in [5.41, 5.74) is 0.600. The SMILES string of the molecule is O=C(NCCN1CCCOC1=O)[C@@H]1CCCCN1C(=O)c1ccccc1. The van der Waals surface area contributed by atoms with Gasteiger partial charge in [-0.25, -0.2) is 4.79 Å². The monoisotopic (exact) mass is 359 g/mol. The molecular formula is C19H25N3O4. The third kappa shape index (κ3) is 4.33. The molecule has 0 radical (unpaired) electrons. The summed E-state index contributed by atoms with van der Waals surface area (Å²) in [6, 6.07) is 8.60. The maximum Gasteiger partial charge on any atom is 0.409 e. The first-order valence-electron chi connectivity index (χ1n) is 9.22. The first-order valence-corrected chi connectivity index (χ1v) is 9.22. The van der Waals surface area contributed by atoms with Crippen LogP contribution in [-0.4, -0.2) is 66.5 Å². The van der Waals surface area contributed by atoms with Gasteiger partial charge in [-0.15, -0.1) is 0 Å². The summed E-state index contributed by atoms with van der Waals surface area (Å²) in [6.07, 6.45) is 2.97. The van der Waals surface area contributed by atoms with Crippen molar-refractivity contribution in [3.05, 3.63) is 35.9 Å². The molecule has 1 aromatic rings. The van der Waals surface area contributed by atoms with Crippen molar-refractivity contribution < 1.29 is 19.1 Å². The van der Waals surface area contributed by atoms with Gasteiger partial charge in [0, 0.05) is 31.7 Å². The molecule has 26 heavy (non-hydrogen) atoms. The highest BCUT2D eigenvalue weighted by Gasteiger charge is 2.32. The largest absolute Gasteiger partial charge is 0.449 e. The number of benzene rings is 1. The fourth-order valence-electron chi connectivity index (χ4n) is 3.43. The van der Waals surface area contributed by atoms with Crippen molar-refractivity contribution in [2.24, 2.45) is 0 Å². The Labute approximate surface area is 153 Å². The number of amides is 3. The molecule has 3 amide bonds. The van der Waals surface area contributed by atoms with Crippen LogP contribution in [0.1, 0.15) is 36.0 Å². The smallest absolute Gasteiger partial charge is 0.409 e. The lowest BCUT2D eigenvalue weighted by Gasteiger charge is -2.35. The zero-order valence-electron chi connectivity index (χ0n) is 14.9. The molecule has 3 rings (SSSR count). The Morgan fingerprint density at radius 1 is 1.12 bits per heavy atom. The van der Waals surface area contributed by atoms with Crippen LogP contribution in [0.2, 0.25) is 0 Å². The highest BCUT2D eigenvalue weighted by molar-refractivity contribution is 5.97. The van der Waals surface area contributed by atoms with E-state index in [0.717, 1.165) is 19.3 Å². The maximum atomic E-state index is 12.8. The van der Waals surface area contributed by atoms with Gasteiger partial charge in [0.1, 0.15) is 6.04 Å². The van der Waals surface area contributed by atoms with Crippen LogP contribution in [0.4, 0.5) is 4.79 Å². The number of carbonyl (C=O) groups excluding carboxylic acids is 3. The summed E-state index contributed by atoms with van der Waals surface area (Å²) in [7, 11) is 0. The van der Waals surface area contributed by atoms with E-state index in [1.54, 1.807) is 21.9 Å². The van der Waals surface area contributed by atoms with Crippen LogP contribution in [0.15, 0.2) is 30.3 Å². The van der Waals surface area contributed by atoms with E-state index < -0.39 is 6.04 Å². The second-order valence-electron chi connectivity index (χ2n) is 6.62. The Balaban J connectivity index is 1.56. The number of rotatable bonds is 5. The van der Waals surface area contributed by atoms with Crippen molar-refractivity contribution in [1.29, 1.82) is 0 Å². The summed E-state index contributed by atoms with van der Waals surface area (Å²) < 4.78 is 4.98. The number of likely N-dealkylation sites (tertiary alicyclic amines) is 1. The first kappa shape index (κ1) is 18.2. The van der Waals surface area contributed by atoms with Crippen LogP contribution in [0, 0.1) is 0 Å². The van der Waals surface area contributed by atoms with Crippen LogP contribution in [0.25, 0.3) is 0 Å². The highest BCUT2D eigenvalue weighted by Crippen LogP contribution is 2.20. The maximum absolute atomic E-state index is 12.8. The average Bonchev–Trinajstić information content (AvgIpc) is 2.69. The van der Waals surface area contributed by atoms with E-state index in [4.69, 9.17) is 4.74 Å². The summed E-state index contributed by atoms with van der Waals surface area (Å²) >= 11 is 0. The Kier molecular flexibility index (Phi) is 6.09. The molecule has 2 heterocycles. The number of ether oxygens (including phenoxy) is 1. The molecule has 1 aromatic carbocycles. The van der Waals surface area contributed by atoms with Crippen molar-refractivity contribution >= 4 is 17.9 Å². The summed E-state index contributed by atoms with van der Waals surface area (Å²) in [4.78, 5) is 40.3. The average molecular weight is 359 g/mol. The summed E-state index contributed by atoms with van der Waals surface area (Å²) in [6.45, 7) is 2.48. The number of hydrogen-bond acceptors (Lipinski definition) is 4. The lowest BCUT2D eigenvalue weighted by Crippen LogP contribution is -2.53. The van der Waals surface area contributed by atoms with Crippen LogP contribution in [0.3, 0.4) is 0 Å². The molecule has 2 aliphatic heterocycles. The third-order valence-corrected chi connectivity index (χ3v) is 4.82. The topological polar surface area (TPSA) is 79.0 Å². The quantitative estimate of drug-likeness (QED) is 0.867. The van der Waals surface area contributed by atoms with Crippen molar-refractivity contribution in [2.45, 2.75) is 31.7 Å². The Morgan fingerprint density at radius 2 is 1.92 bits per heavy atom. The number of nitrogens with one attached hydrogen (secondary N) is 1. The second kappa shape index (κ2) is 8.69. The standard InChI is InChI=1S/C19H25N3O4/c23-17(20-10-13-21-11-6-14-26-19(21)25)16-9-4-5-12-22(16)18(24)15-7-2-1-3-8-15/h1-3,7-8,16H,4-6,9-14H2,(H,20,23)/t16-/m0/s1. The summed E-state index contributed by atoms with van der Waals surface area (Å²) in [5.74, 6) is -0.260. The normalized spacial score (nSPS) is 20.5. The predicted molar refractivity (Wildman–Crippen MR) is 95.7 cm³/mol. The van der Waals surface area contributed by atoms with Gasteiger partial charge in [-0.1, -0.05) is 18.2 Å². The van der Waals surface area contributed by atoms with Crippen LogP contribution >= 0.6 is 0 Å². The molecule has 7 nitrogen and oxygen atoms in total. The van der Waals surface area contributed by atoms with Gasteiger partial charge in [-0.05, 0) is 37.8 Å². The summed E-state index contributed by atoms with van der Waals surface area (Å²) in [5, 5.41) is 2.87. The van der Waals surface area contributed by atoms with Gasteiger partial charge in [-0.2, -0.15) is 0 Å². The molecule has 1 atom stereocenters. The van der Waals surface area contributed by atoms with Gasteiger partial charge in [0.25, 0.3) is 5.91 Å². The molecule has 140 valence electrons. The van der Waals surface area contributed by atoms with E-state index >= 15 is 0 Å². The molecular weight excluding hydrogens is 334 g/mol. The third-order valence-electron chi connectivity index (χ3n) is 4.82. The van der Waals surface area contributed by atoms with E-state index in [1.165, 1.54) is 0 Å². The van der Waals surface area contributed by atoms with Gasteiger partial charge in [-0.3, -0.25) is 9.59 Å². The van der Waals surface area contributed by atoms with Crippen molar-refractivity contribution in [3.8, 4) is 0 Å². The zero-order valence-corrected chi connectivity index (χ0v) is 14.9. The molecule has 0 spiro atoms. The van der Waals surface area contributed by atoms with E-state index in [0.29, 0.717) is 44.8 Å². The Morgan fingerprint density at radius 3 is 2.69 bits per heavy atom. The fourth-order valence-corrected chi connectivity index (χ4v) is 3.43. The number of hydrogen-bond donors (Lipinski definition) is 1. The lowest BCUT2D eigenvalue weighted by atomic mass is 10.00. The molecule has 1 N–H and O–H groups in total. The number of piperidine rings is 1. The fraction of sp³-hybridized carbons (Fsp3) is 0.526. The van der Waals surface area contributed by atoms with E-state index in [2.05, 4.69) is 5.32 Å². The molecule has 2 aliphatic rings. The molecule has 0 unspecified atom stereocenters. The van der Waals surface area contributed by atoms with Crippen LogP contribution < -0.4 is 5.32 Å². The number of cyclic esters (lactones) is 1. The zero-order chi connectivity index (χ0) is 18.4. The van der Waals surface area contributed by atoms with Gasteiger partial charge in [0.05, 0.1) is 6.61 Å². The van der Waals surface area contributed by atoms with Gasteiger partial charge in [0.2, 0.25) is 5.91 Å². The minimum absolute atomic E-state index is 0.106. The van der Waals surface area contributed by atoms with Crippen molar-refractivity contribution in [3.63, 3.8) is 0 Å². The van der Waals surface area contributed by atoms with Crippen molar-refractivity contribution in [2.75, 3.05) is 32.8 Å².